The molecule has 0 amide bonds. The molecule has 1 heterocycles. The Balaban J connectivity index is 2.41. The first-order valence-corrected chi connectivity index (χ1v) is 9.21. The minimum absolute atomic E-state index is 0.108. The molecule has 27 heavy (non-hydrogen) atoms. The first-order chi connectivity index (χ1) is 12.7. The number of ether oxygens (including phenoxy) is 1. The smallest absolute Gasteiger partial charge is 0.312 e. The molecule has 0 saturated carbocycles. The lowest BCUT2D eigenvalue weighted by molar-refractivity contribution is -0.385. The van der Waals surface area contributed by atoms with Crippen molar-refractivity contribution in [2.45, 2.75) is 18.7 Å². The molecule has 12 heteroatoms. The number of pyridine rings is 1. The minimum atomic E-state index is -3.88. The van der Waals surface area contributed by atoms with E-state index in [9.17, 15) is 28.6 Å². The third kappa shape index (κ3) is 4.35. The van der Waals surface area contributed by atoms with Gasteiger partial charge in [0.15, 0.2) is 0 Å². The zero-order valence-corrected chi connectivity index (χ0v) is 15.2. The lowest BCUT2D eigenvalue weighted by atomic mass is 10.3. The topological polar surface area (TPSA) is 146 Å². The Morgan fingerprint density at radius 3 is 2.22 bits per heavy atom. The molecule has 11 nitrogen and oxygen atoms in total. The molecule has 0 saturated heterocycles. The van der Waals surface area contributed by atoms with E-state index in [-0.39, 0.29) is 35.3 Å². The van der Waals surface area contributed by atoms with E-state index in [1.807, 2.05) is 0 Å². The Bertz CT molecular complexity index is 957. The molecule has 0 atom stereocenters. The first-order valence-electron chi connectivity index (χ1n) is 7.77. The van der Waals surface area contributed by atoms with E-state index in [1.54, 1.807) is 13.8 Å². The van der Waals surface area contributed by atoms with Crippen LogP contribution in [0.3, 0.4) is 0 Å². The van der Waals surface area contributed by atoms with Crippen molar-refractivity contribution in [2.24, 2.45) is 0 Å². The van der Waals surface area contributed by atoms with Crippen LogP contribution >= 0.6 is 0 Å². The van der Waals surface area contributed by atoms with Crippen LogP contribution < -0.4 is 4.74 Å². The summed E-state index contributed by atoms with van der Waals surface area (Å²) in [7, 11) is -3.88. The number of hydrogen-bond donors (Lipinski definition) is 0. The highest BCUT2D eigenvalue weighted by Gasteiger charge is 2.26. The Labute approximate surface area is 154 Å². The lowest BCUT2D eigenvalue weighted by Crippen LogP contribution is -2.30. The molecule has 0 aliphatic heterocycles. The molecule has 2 rings (SSSR count). The summed E-state index contributed by atoms with van der Waals surface area (Å²) in [5.74, 6) is -0.345. The summed E-state index contributed by atoms with van der Waals surface area (Å²) < 4.78 is 31.5. The van der Waals surface area contributed by atoms with Gasteiger partial charge in [0, 0.05) is 31.3 Å². The second kappa shape index (κ2) is 8.05. The van der Waals surface area contributed by atoms with Gasteiger partial charge in [0.25, 0.3) is 5.69 Å². The first kappa shape index (κ1) is 20.2. The molecule has 0 fully saturated rings. The molecule has 0 unspecified atom stereocenters. The summed E-state index contributed by atoms with van der Waals surface area (Å²) in [4.78, 5) is 24.0. The van der Waals surface area contributed by atoms with E-state index in [1.165, 1.54) is 16.4 Å². The van der Waals surface area contributed by atoms with Crippen molar-refractivity contribution >= 4 is 21.4 Å². The number of rotatable bonds is 8. The number of sulfonamides is 1. The van der Waals surface area contributed by atoms with Gasteiger partial charge in [0.2, 0.25) is 21.7 Å². The van der Waals surface area contributed by atoms with Gasteiger partial charge in [-0.1, -0.05) is 13.8 Å². The van der Waals surface area contributed by atoms with Crippen molar-refractivity contribution in [3.63, 3.8) is 0 Å². The minimum Gasteiger partial charge on any atom is -0.432 e. The Morgan fingerprint density at radius 1 is 1.07 bits per heavy atom. The van der Waals surface area contributed by atoms with Crippen molar-refractivity contribution < 1.29 is 23.0 Å². The molecule has 0 aliphatic carbocycles. The maximum atomic E-state index is 12.5. The van der Waals surface area contributed by atoms with Gasteiger partial charge in [0.1, 0.15) is 6.20 Å². The maximum absolute atomic E-state index is 12.5. The maximum Gasteiger partial charge on any atom is 0.312 e. The van der Waals surface area contributed by atoms with Crippen molar-refractivity contribution in [3.8, 4) is 11.6 Å². The van der Waals surface area contributed by atoms with Crippen LogP contribution in [0.4, 0.5) is 11.4 Å². The third-order valence-corrected chi connectivity index (χ3v) is 5.66. The average Bonchev–Trinajstić information content (AvgIpc) is 2.63. The van der Waals surface area contributed by atoms with Gasteiger partial charge in [-0.25, -0.2) is 13.4 Å². The number of aromatic nitrogens is 1. The molecular weight excluding hydrogens is 380 g/mol. The van der Waals surface area contributed by atoms with Crippen LogP contribution in [0.15, 0.2) is 41.4 Å². The molecule has 0 N–H and O–H groups in total. The standard InChI is InChI=1S/C15H16N4O7S/c1-3-17(4-2)27(24,25)12-6-7-14(13(9-12)19(22)23)26-15-8-5-11(10-16-15)18(20)21/h5-10H,3-4H2,1-2H3. The summed E-state index contributed by atoms with van der Waals surface area (Å²) in [5, 5.41) is 22.0. The van der Waals surface area contributed by atoms with Crippen molar-refractivity contribution in [3.05, 3.63) is 56.8 Å². The summed E-state index contributed by atoms with van der Waals surface area (Å²) in [6.45, 7) is 3.76. The van der Waals surface area contributed by atoms with Crippen LogP contribution in [-0.4, -0.2) is 40.6 Å². The van der Waals surface area contributed by atoms with Gasteiger partial charge in [0.05, 0.1) is 14.7 Å². The second-order valence-corrected chi connectivity index (χ2v) is 7.13. The van der Waals surface area contributed by atoms with Gasteiger partial charge in [-0.15, -0.1) is 0 Å². The van der Waals surface area contributed by atoms with Gasteiger partial charge in [-0.2, -0.15) is 4.31 Å². The fraction of sp³-hybridized carbons (Fsp3) is 0.267. The molecule has 144 valence electrons. The lowest BCUT2D eigenvalue weighted by Gasteiger charge is -2.18. The summed E-state index contributed by atoms with van der Waals surface area (Å²) in [5.41, 5.74) is -0.833. The summed E-state index contributed by atoms with van der Waals surface area (Å²) in [6, 6.07) is 5.57. The third-order valence-electron chi connectivity index (χ3n) is 3.62. The predicted molar refractivity (Wildman–Crippen MR) is 94.2 cm³/mol. The van der Waals surface area contributed by atoms with E-state index >= 15 is 0 Å². The van der Waals surface area contributed by atoms with Gasteiger partial charge >= 0.3 is 5.69 Å². The Morgan fingerprint density at radius 2 is 1.74 bits per heavy atom. The van der Waals surface area contributed by atoms with Crippen LogP contribution in [0.2, 0.25) is 0 Å². The molecule has 2 aromatic rings. The largest absolute Gasteiger partial charge is 0.432 e. The normalized spacial score (nSPS) is 11.4. The molecule has 0 spiro atoms. The van der Waals surface area contributed by atoms with Crippen LogP contribution in [0, 0.1) is 20.2 Å². The summed E-state index contributed by atoms with van der Waals surface area (Å²) >= 11 is 0. The van der Waals surface area contributed by atoms with Crippen LogP contribution in [0.5, 0.6) is 11.6 Å². The SMILES string of the molecule is CCN(CC)S(=O)(=O)c1ccc(Oc2ccc([N+](=O)[O-])cn2)c([N+](=O)[O-])c1. The highest BCUT2D eigenvalue weighted by atomic mass is 32.2. The zero-order valence-electron chi connectivity index (χ0n) is 14.4. The second-order valence-electron chi connectivity index (χ2n) is 5.19. The van der Waals surface area contributed by atoms with E-state index in [0.717, 1.165) is 24.4 Å². The van der Waals surface area contributed by atoms with Crippen molar-refractivity contribution in [1.29, 1.82) is 0 Å². The van der Waals surface area contributed by atoms with E-state index < -0.39 is 25.6 Å². The van der Waals surface area contributed by atoms with Gasteiger partial charge < -0.3 is 4.74 Å². The zero-order chi connectivity index (χ0) is 20.2. The van der Waals surface area contributed by atoms with Crippen molar-refractivity contribution in [2.75, 3.05) is 13.1 Å². The molecule has 1 aromatic heterocycles. The number of nitro benzene ring substituents is 1. The number of benzene rings is 1. The Hall–Kier alpha value is -3.12. The van der Waals surface area contributed by atoms with Gasteiger partial charge in [-0.05, 0) is 12.1 Å². The quantitative estimate of drug-likeness (QED) is 0.489. The van der Waals surface area contributed by atoms with Crippen LogP contribution in [0.25, 0.3) is 0 Å². The Kier molecular flexibility index (Phi) is 6.02. The van der Waals surface area contributed by atoms with E-state index in [0.29, 0.717) is 0 Å². The monoisotopic (exact) mass is 396 g/mol. The molecule has 1 aromatic carbocycles. The molecule has 0 radical (unpaired) electrons. The number of nitrogens with zero attached hydrogens (tertiary/aromatic N) is 4. The fourth-order valence-corrected chi connectivity index (χ4v) is 3.73. The van der Waals surface area contributed by atoms with Crippen molar-refractivity contribution in [1.82, 2.24) is 9.29 Å². The highest BCUT2D eigenvalue weighted by molar-refractivity contribution is 7.89. The highest BCUT2D eigenvalue weighted by Crippen LogP contribution is 2.33. The number of hydrogen-bond acceptors (Lipinski definition) is 8. The van der Waals surface area contributed by atoms with Crippen LogP contribution in [-0.2, 0) is 10.0 Å². The number of nitro groups is 2. The van der Waals surface area contributed by atoms with E-state index in [4.69, 9.17) is 4.74 Å². The fourth-order valence-electron chi connectivity index (χ4n) is 2.25. The predicted octanol–water partition coefficient (Wildman–Crippen LogP) is 2.72. The molecule has 0 bridgehead atoms. The molecular formula is C15H16N4O7S. The van der Waals surface area contributed by atoms with E-state index in [2.05, 4.69) is 4.98 Å². The summed E-state index contributed by atoms with van der Waals surface area (Å²) in [6.07, 6.45) is 0.945. The van der Waals surface area contributed by atoms with Gasteiger partial charge in [-0.3, -0.25) is 20.2 Å². The molecule has 0 aliphatic rings. The average molecular weight is 396 g/mol. The van der Waals surface area contributed by atoms with Crippen LogP contribution in [0.1, 0.15) is 13.8 Å².